The second-order valence-electron chi connectivity index (χ2n) is 3.89. The van der Waals surface area contributed by atoms with Gasteiger partial charge in [0.25, 0.3) is 0 Å². The molecule has 0 aliphatic rings. The smallest absolute Gasteiger partial charge is 0.227 e. The topological polar surface area (TPSA) is 42.0 Å². The lowest BCUT2D eigenvalue weighted by molar-refractivity contribution is -0.119. The molecule has 0 saturated carbocycles. The Bertz CT molecular complexity index is 467. The molecule has 1 aromatic heterocycles. The number of hydrogen-bond donors (Lipinski definition) is 1. The standard InChI is InChI=1S/C13H14N2OS/c1-10(9-12-14-7-8-17-12)13(16)15-11-5-3-2-4-6-11/h2-8,10H,9H2,1H3,(H,15,16). The number of anilines is 1. The van der Waals surface area contributed by atoms with Crippen LogP contribution in [0.25, 0.3) is 0 Å². The molecule has 0 bridgehead atoms. The molecule has 17 heavy (non-hydrogen) atoms. The number of nitrogens with one attached hydrogen (secondary N) is 1. The van der Waals surface area contributed by atoms with Gasteiger partial charge in [0, 0.05) is 29.6 Å². The molecule has 0 aliphatic heterocycles. The number of thiazole rings is 1. The van der Waals surface area contributed by atoms with Crippen LogP contribution < -0.4 is 5.32 Å². The summed E-state index contributed by atoms with van der Waals surface area (Å²) in [6.07, 6.45) is 2.46. The van der Waals surface area contributed by atoms with Crippen molar-refractivity contribution in [2.45, 2.75) is 13.3 Å². The van der Waals surface area contributed by atoms with Gasteiger partial charge in [0.2, 0.25) is 5.91 Å². The van der Waals surface area contributed by atoms with Crippen LogP contribution in [-0.2, 0) is 11.2 Å². The van der Waals surface area contributed by atoms with Crippen LogP contribution in [0.1, 0.15) is 11.9 Å². The molecule has 1 aromatic carbocycles. The van der Waals surface area contributed by atoms with Gasteiger partial charge in [-0.3, -0.25) is 4.79 Å². The fourth-order valence-corrected chi connectivity index (χ4v) is 2.24. The van der Waals surface area contributed by atoms with Crippen molar-refractivity contribution in [1.82, 2.24) is 4.98 Å². The molecule has 3 nitrogen and oxygen atoms in total. The van der Waals surface area contributed by atoms with Crippen LogP contribution in [0.3, 0.4) is 0 Å². The van der Waals surface area contributed by atoms with Gasteiger partial charge in [0.05, 0.1) is 5.01 Å². The third-order valence-corrected chi connectivity index (χ3v) is 3.26. The summed E-state index contributed by atoms with van der Waals surface area (Å²) in [5.41, 5.74) is 0.837. The first-order valence-corrected chi connectivity index (χ1v) is 6.38. The van der Waals surface area contributed by atoms with Crippen molar-refractivity contribution in [2.24, 2.45) is 5.92 Å². The predicted octanol–water partition coefficient (Wildman–Crippen LogP) is 2.96. The van der Waals surface area contributed by atoms with E-state index in [2.05, 4.69) is 10.3 Å². The molecule has 1 amide bonds. The van der Waals surface area contributed by atoms with Gasteiger partial charge in [-0.25, -0.2) is 4.98 Å². The highest BCUT2D eigenvalue weighted by molar-refractivity contribution is 7.09. The second-order valence-corrected chi connectivity index (χ2v) is 4.87. The molecule has 1 N–H and O–H groups in total. The Morgan fingerprint density at radius 2 is 2.18 bits per heavy atom. The Morgan fingerprint density at radius 1 is 1.41 bits per heavy atom. The number of carbonyl (C=O) groups is 1. The summed E-state index contributed by atoms with van der Waals surface area (Å²) >= 11 is 1.58. The van der Waals surface area contributed by atoms with Crippen molar-refractivity contribution in [3.05, 3.63) is 46.9 Å². The zero-order chi connectivity index (χ0) is 12.1. The van der Waals surface area contributed by atoms with Gasteiger partial charge < -0.3 is 5.32 Å². The molecule has 4 heteroatoms. The number of carbonyl (C=O) groups excluding carboxylic acids is 1. The Labute approximate surface area is 105 Å². The molecular formula is C13H14N2OS. The van der Waals surface area contributed by atoms with E-state index in [4.69, 9.17) is 0 Å². The summed E-state index contributed by atoms with van der Waals surface area (Å²) in [5, 5.41) is 5.82. The minimum Gasteiger partial charge on any atom is -0.326 e. The van der Waals surface area contributed by atoms with E-state index in [1.807, 2.05) is 42.6 Å². The van der Waals surface area contributed by atoms with E-state index >= 15 is 0 Å². The summed E-state index contributed by atoms with van der Waals surface area (Å²) in [5.74, 6) is -0.0345. The lowest BCUT2D eigenvalue weighted by Gasteiger charge is -2.10. The summed E-state index contributed by atoms with van der Waals surface area (Å²) in [6, 6.07) is 9.50. The number of nitrogens with zero attached hydrogens (tertiary/aromatic N) is 1. The number of rotatable bonds is 4. The van der Waals surface area contributed by atoms with E-state index < -0.39 is 0 Å². The summed E-state index contributed by atoms with van der Waals surface area (Å²) < 4.78 is 0. The summed E-state index contributed by atoms with van der Waals surface area (Å²) in [7, 11) is 0. The van der Waals surface area contributed by atoms with Gasteiger partial charge >= 0.3 is 0 Å². The Hall–Kier alpha value is -1.68. The summed E-state index contributed by atoms with van der Waals surface area (Å²) in [6.45, 7) is 1.92. The van der Waals surface area contributed by atoms with Crippen molar-refractivity contribution < 1.29 is 4.79 Å². The van der Waals surface area contributed by atoms with Crippen molar-refractivity contribution in [3.8, 4) is 0 Å². The third-order valence-electron chi connectivity index (χ3n) is 2.45. The maximum atomic E-state index is 11.9. The zero-order valence-corrected chi connectivity index (χ0v) is 10.4. The Morgan fingerprint density at radius 3 is 2.82 bits per heavy atom. The molecule has 0 saturated heterocycles. The summed E-state index contributed by atoms with van der Waals surface area (Å²) in [4.78, 5) is 16.1. The van der Waals surface area contributed by atoms with Gasteiger partial charge in [0.1, 0.15) is 0 Å². The lowest BCUT2D eigenvalue weighted by Crippen LogP contribution is -2.22. The molecule has 0 spiro atoms. The van der Waals surface area contributed by atoms with Crippen LogP contribution in [0, 0.1) is 5.92 Å². The number of benzene rings is 1. The first-order valence-electron chi connectivity index (χ1n) is 5.50. The highest BCUT2D eigenvalue weighted by atomic mass is 32.1. The quantitative estimate of drug-likeness (QED) is 0.901. The molecule has 1 atom stereocenters. The predicted molar refractivity (Wildman–Crippen MR) is 70.1 cm³/mol. The fourth-order valence-electron chi connectivity index (χ4n) is 1.50. The Balaban J connectivity index is 1.92. The molecule has 0 radical (unpaired) electrons. The first-order chi connectivity index (χ1) is 8.25. The van der Waals surface area contributed by atoms with E-state index in [0.29, 0.717) is 6.42 Å². The van der Waals surface area contributed by atoms with Crippen molar-refractivity contribution in [3.63, 3.8) is 0 Å². The molecule has 1 heterocycles. The molecule has 2 aromatic rings. The van der Waals surface area contributed by atoms with Gasteiger partial charge in [-0.15, -0.1) is 11.3 Å². The minimum absolute atomic E-state index is 0.0337. The monoisotopic (exact) mass is 246 g/mol. The average molecular weight is 246 g/mol. The van der Waals surface area contributed by atoms with Gasteiger partial charge in [-0.1, -0.05) is 25.1 Å². The highest BCUT2D eigenvalue weighted by Crippen LogP contribution is 2.13. The van der Waals surface area contributed by atoms with Crippen LogP contribution >= 0.6 is 11.3 Å². The van der Waals surface area contributed by atoms with E-state index in [9.17, 15) is 4.79 Å². The fraction of sp³-hybridized carbons (Fsp3) is 0.231. The number of amides is 1. The van der Waals surface area contributed by atoms with Crippen LogP contribution in [0.5, 0.6) is 0 Å². The molecule has 0 aliphatic carbocycles. The number of aromatic nitrogens is 1. The third kappa shape index (κ3) is 3.39. The van der Waals surface area contributed by atoms with Crippen LogP contribution in [0.2, 0.25) is 0 Å². The first kappa shape index (κ1) is 11.8. The van der Waals surface area contributed by atoms with Crippen LogP contribution in [0.15, 0.2) is 41.9 Å². The molecule has 88 valence electrons. The van der Waals surface area contributed by atoms with Gasteiger partial charge in [-0.05, 0) is 12.1 Å². The van der Waals surface area contributed by atoms with E-state index in [1.54, 1.807) is 17.5 Å². The van der Waals surface area contributed by atoms with E-state index in [0.717, 1.165) is 10.7 Å². The van der Waals surface area contributed by atoms with E-state index in [-0.39, 0.29) is 11.8 Å². The molecule has 1 unspecified atom stereocenters. The van der Waals surface area contributed by atoms with Crippen molar-refractivity contribution in [2.75, 3.05) is 5.32 Å². The molecular weight excluding hydrogens is 232 g/mol. The lowest BCUT2D eigenvalue weighted by atomic mass is 10.1. The van der Waals surface area contributed by atoms with Crippen molar-refractivity contribution >= 4 is 22.9 Å². The molecule has 0 fully saturated rings. The van der Waals surface area contributed by atoms with Gasteiger partial charge in [0.15, 0.2) is 0 Å². The maximum absolute atomic E-state index is 11.9. The Kier molecular flexibility index (Phi) is 3.88. The minimum atomic E-state index is -0.0682. The molecule has 2 rings (SSSR count). The average Bonchev–Trinajstić information content (AvgIpc) is 2.83. The number of para-hydroxylation sites is 1. The van der Waals surface area contributed by atoms with Gasteiger partial charge in [-0.2, -0.15) is 0 Å². The second kappa shape index (κ2) is 5.59. The normalized spacial score (nSPS) is 12.1. The van der Waals surface area contributed by atoms with Crippen LogP contribution in [-0.4, -0.2) is 10.9 Å². The highest BCUT2D eigenvalue weighted by Gasteiger charge is 2.14. The maximum Gasteiger partial charge on any atom is 0.227 e. The largest absolute Gasteiger partial charge is 0.326 e. The zero-order valence-electron chi connectivity index (χ0n) is 9.59. The van der Waals surface area contributed by atoms with E-state index in [1.165, 1.54) is 0 Å². The van der Waals surface area contributed by atoms with Crippen LogP contribution in [0.4, 0.5) is 5.69 Å². The SMILES string of the molecule is CC(Cc1nccs1)C(=O)Nc1ccccc1. The number of hydrogen-bond acceptors (Lipinski definition) is 3. The van der Waals surface area contributed by atoms with Crippen molar-refractivity contribution in [1.29, 1.82) is 0 Å².